The van der Waals surface area contributed by atoms with Gasteiger partial charge in [-0.15, -0.1) is 0 Å². The van der Waals surface area contributed by atoms with E-state index in [2.05, 4.69) is 85.1 Å². The average molecular weight is 534 g/mol. The number of fused-ring (bicyclic) bond motifs is 8. The quantitative estimate of drug-likeness (QED) is 0.231. The van der Waals surface area contributed by atoms with Gasteiger partial charge in [0, 0.05) is 46.0 Å². The first-order valence-electron chi connectivity index (χ1n) is 14.2. The predicted octanol–water partition coefficient (Wildman–Crippen LogP) is 8.05. The van der Waals surface area contributed by atoms with Gasteiger partial charge in [0.15, 0.2) is 0 Å². The molecule has 2 atom stereocenters. The molecule has 4 aromatic carbocycles. The van der Waals surface area contributed by atoms with Gasteiger partial charge in [0.05, 0.1) is 11.0 Å². The molecule has 0 saturated carbocycles. The Morgan fingerprint density at radius 1 is 0.829 bits per heavy atom. The maximum Gasteiger partial charge on any atom is 0.217 e. The van der Waals surface area contributed by atoms with Crippen molar-refractivity contribution >= 4 is 27.7 Å². The summed E-state index contributed by atoms with van der Waals surface area (Å²) in [5.41, 5.74) is 8.26. The van der Waals surface area contributed by atoms with Crippen molar-refractivity contribution in [2.24, 2.45) is 4.99 Å². The molecule has 5 heteroatoms. The lowest BCUT2D eigenvalue weighted by Crippen LogP contribution is -2.26. The smallest absolute Gasteiger partial charge is 0.217 e. The maximum absolute atomic E-state index is 6.47. The van der Waals surface area contributed by atoms with E-state index >= 15 is 0 Å². The fourth-order valence-electron chi connectivity index (χ4n) is 7.11. The first kappa shape index (κ1) is 22.9. The highest BCUT2D eigenvalue weighted by atomic mass is 16.5. The van der Waals surface area contributed by atoms with E-state index in [1.54, 1.807) is 0 Å². The van der Waals surface area contributed by atoms with E-state index < -0.39 is 0 Å². The van der Waals surface area contributed by atoms with Gasteiger partial charge in [-0.1, -0.05) is 68.4 Å². The molecule has 0 radical (unpaired) electrons. The zero-order valence-electron chi connectivity index (χ0n) is 22.8. The van der Waals surface area contributed by atoms with Crippen molar-refractivity contribution in [3.63, 3.8) is 0 Å². The number of aliphatic imine (C=N–C) groups is 1. The van der Waals surface area contributed by atoms with Crippen LogP contribution in [0.3, 0.4) is 0 Å². The average Bonchev–Trinajstić information content (AvgIpc) is 3.66. The second-order valence-electron chi connectivity index (χ2n) is 11.8. The molecular formula is C36H27N3O2. The number of pyridine rings is 1. The molecule has 2 aromatic heterocycles. The monoisotopic (exact) mass is 533 g/mol. The van der Waals surface area contributed by atoms with E-state index in [4.69, 9.17) is 19.5 Å². The van der Waals surface area contributed by atoms with Crippen LogP contribution in [0.2, 0.25) is 0 Å². The van der Waals surface area contributed by atoms with Crippen LogP contribution in [0.1, 0.15) is 47.7 Å². The van der Waals surface area contributed by atoms with E-state index in [-0.39, 0.29) is 17.6 Å². The molecule has 0 saturated heterocycles. The topological polar surface area (TPSA) is 48.6 Å². The minimum atomic E-state index is -0.140. The number of hydrogen-bond donors (Lipinski definition) is 0. The molecule has 2 aliphatic heterocycles. The highest BCUT2D eigenvalue weighted by molar-refractivity contribution is 6.11. The summed E-state index contributed by atoms with van der Waals surface area (Å²) in [7, 11) is 0. The Labute approximate surface area is 237 Å². The summed E-state index contributed by atoms with van der Waals surface area (Å²) in [5, 5.41) is 2.43. The number of rotatable bonds is 3. The number of hydrogen-bond acceptors (Lipinski definition) is 4. The molecule has 0 spiro atoms. The van der Waals surface area contributed by atoms with Crippen LogP contribution in [0, 0.1) is 0 Å². The van der Waals surface area contributed by atoms with E-state index in [9.17, 15) is 0 Å². The lowest BCUT2D eigenvalue weighted by molar-refractivity contribution is 0.206. The van der Waals surface area contributed by atoms with Crippen molar-refractivity contribution in [3.05, 3.63) is 131 Å². The summed E-state index contributed by atoms with van der Waals surface area (Å²) in [6.07, 6.45) is 2.85. The Morgan fingerprint density at radius 2 is 1.68 bits per heavy atom. The molecule has 41 heavy (non-hydrogen) atoms. The number of para-hydroxylation sites is 1. The summed E-state index contributed by atoms with van der Waals surface area (Å²) < 4.78 is 15.1. The van der Waals surface area contributed by atoms with Gasteiger partial charge in [-0.3, -0.25) is 4.57 Å². The third-order valence-electron chi connectivity index (χ3n) is 9.09. The highest BCUT2D eigenvalue weighted by Crippen LogP contribution is 2.47. The van der Waals surface area contributed by atoms with Crippen LogP contribution in [0.4, 0.5) is 0 Å². The van der Waals surface area contributed by atoms with Crippen molar-refractivity contribution in [2.75, 3.05) is 0 Å². The molecule has 6 aromatic rings. The number of nitrogens with zero attached hydrogens (tertiary/aromatic N) is 3. The molecule has 0 unspecified atom stereocenters. The van der Waals surface area contributed by atoms with Crippen LogP contribution >= 0.6 is 0 Å². The molecule has 5 nitrogen and oxygen atoms in total. The second-order valence-corrected chi connectivity index (χ2v) is 11.8. The number of aromatic nitrogens is 2. The second kappa shape index (κ2) is 8.07. The molecule has 0 fully saturated rings. The molecular weight excluding hydrogens is 506 g/mol. The van der Waals surface area contributed by atoms with Crippen molar-refractivity contribution in [1.82, 2.24) is 9.55 Å². The van der Waals surface area contributed by atoms with Crippen molar-refractivity contribution < 1.29 is 9.47 Å². The van der Waals surface area contributed by atoms with Crippen LogP contribution in [-0.4, -0.2) is 21.6 Å². The Hall–Kier alpha value is -4.90. The van der Waals surface area contributed by atoms with Gasteiger partial charge >= 0.3 is 0 Å². The Bertz CT molecular complexity index is 2090. The van der Waals surface area contributed by atoms with Crippen LogP contribution < -0.4 is 4.74 Å². The number of ether oxygens (including phenoxy) is 2. The summed E-state index contributed by atoms with van der Waals surface area (Å²) in [4.78, 5) is 9.84. The van der Waals surface area contributed by atoms with Gasteiger partial charge < -0.3 is 9.47 Å². The Kier molecular flexibility index (Phi) is 4.50. The fraction of sp³-hybridized carbons (Fsp3) is 0.167. The summed E-state index contributed by atoms with van der Waals surface area (Å²) in [6, 6.07) is 33.8. The lowest BCUT2D eigenvalue weighted by Gasteiger charge is -2.33. The normalized spacial score (nSPS) is 19.4. The Morgan fingerprint density at radius 3 is 2.63 bits per heavy atom. The first-order chi connectivity index (χ1) is 20.1. The summed E-state index contributed by atoms with van der Waals surface area (Å²) >= 11 is 0. The fourth-order valence-corrected chi connectivity index (χ4v) is 7.11. The molecule has 1 aliphatic carbocycles. The standard InChI is InChI=1S/C36H27N3O2/c1-36(2)28-13-6-12-27-26-16-15-24(20-30(26)39(33(27)28)34-29(36)14-7-17-37-34)40-23-10-5-9-22(18-23)35-38-32-25-11-4-3-8-21(25)19-31(32)41-35/h3-18,20,31-32H,19H2,1-2H3/t31-,32+/m1/s1. The third-order valence-corrected chi connectivity index (χ3v) is 9.09. The van der Waals surface area contributed by atoms with Crippen molar-refractivity contribution in [1.29, 1.82) is 0 Å². The summed E-state index contributed by atoms with van der Waals surface area (Å²) in [6.45, 7) is 4.57. The molecule has 0 bridgehead atoms. The molecule has 198 valence electrons. The predicted molar refractivity (Wildman–Crippen MR) is 162 cm³/mol. The lowest BCUT2D eigenvalue weighted by atomic mass is 9.76. The minimum Gasteiger partial charge on any atom is -0.471 e. The SMILES string of the molecule is CC1(C)c2cccnc2-n2c3cc(Oc4cccc(C5=N[C@H]6c7ccccc7C[C@H]6O5)c4)ccc3c3cccc1c32. The van der Waals surface area contributed by atoms with E-state index in [0.717, 1.165) is 34.8 Å². The minimum absolute atomic E-state index is 0.0695. The van der Waals surface area contributed by atoms with Gasteiger partial charge in [-0.25, -0.2) is 9.98 Å². The van der Waals surface area contributed by atoms with Gasteiger partial charge in [-0.05, 0) is 53.1 Å². The zero-order valence-corrected chi connectivity index (χ0v) is 22.8. The van der Waals surface area contributed by atoms with Crippen LogP contribution in [0.25, 0.3) is 27.6 Å². The number of benzene rings is 4. The Balaban J connectivity index is 1.11. The third kappa shape index (κ3) is 3.17. The van der Waals surface area contributed by atoms with Gasteiger partial charge in [0.25, 0.3) is 0 Å². The molecule has 3 aliphatic rings. The first-order valence-corrected chi connectivity index (χ1v) is 14.2. The molecule has 0 amide bonds. The van der Waals surface area contributed by atoms with Gasteiger partial charge in [-0.2, -0.15) is 0 Å². The highest BCUT2D eigenvalue weighted by Gasteiger charge is 2.39. The zero-order chi connectivity index (χ0) is 27.3. The van der Waals surface area contributed by atoms with Crippen LogP contribution in [0.5, 0.6) is 11.5 Å². The van der Waals surface area contributed by atoms with Crippen molar-refractivity contribution in [3.8, 4) is 17.3 Å². The van der Waals surface area contributed by atoms with Crippen molar-refractivity contribution in [2.45, 2.75) is 37.8 Å². The van der Waals surface area contributed by atoms with Crippen LogP contribution in [-0.2, 0) is 16.6 Å². The van der Waals surface area contributed by atoms with E-state index in [0.29, 0.717) is 5.90 Å². The van der Waals surface area contributed by atoms with Gasteiger partial charge in [0.2, 0.25) is 5.90 Å². The largest absolute Gasteiger partial charge is 0.471 e. The van der Waals surface area contributed by atoms with E-state index in [1.165, 1.54) is 38.5 Å². The maximum atomic E-state index is 6.47. The molecule has 0 N–H and O–H groups in total. The van der Waals surface area contributed by atoms with Gasteiger partial charge in [0.1, 0.15) is 29.5 Å². The molecule has 4 heterocycles. The van der Waals surface area contributed by atoms with Crippen LogP contribution in [0.15, 0.2) is 108 Å². The van der Waals surface area contributed by atoms with E-state index in [1.807, 2.05) is 36.5 Å². The molecule has 9 rings (SSSR count). The summed E-state index contributed by atoms with van der Waals surface area (Å²) in [5.74, 6) is 3.20.